The van der Waals surface area contributed by atoms with E-state index in [1.54, 1.807) is 13.0 Å². The van der Waals surface area contributed by atoms with E-state index >= 15 is 0 Å². The highest BCUT2D eigenvalue weighted by Crippen LogP contribution is 2.28. The Labute approximate surface area is 160 Å². The molecule has 2 rings (SSSR count). The van der Waals surface area contributed by atoms with Crippen LogP contribution in [0.3, 0.4) is 0 Å². The lowest BCUT2D eigenvalue weighted by Gasteiger charge is -2.06. The number of carbonyl (C=O) groups is 1. The number of ether oxygens (including phenoxy) is 1. The average Bonchev–Trinajstić information content (AvgIpc) is 3.03. The molecular formula is C22H29F2NO2. The maximum Gasteiger partial charge on any atom is 0.357 e. The van der Waals surface area contributed by atoms with Crippen molar-refractivity contribution in [3.63, 3.8) is 0 Å². The van der Waals surface area contributed by atoms with Crippen molar-refractivity contribution in [1.82, 2.24) is 4.98 Å². The van der Waals surface area contributed by atoms with Gasteiger partial charge in [0, 0.05) is 17.3 Å². The molecule has 0 atom stereocenters. The maximum atomic E-state index is 14.5. The number of halogens is 2. The molecule has 1 heterocycles. The van der Waals surface area contributed by atoms with Gasteiger partial charge in [-0.2, -0.15) is 0 Å². The van der Waals surface area contributed by atoms with E-state index in [4.69, 9.17) is 4.74 Å². The van der Waals surface area contributed by atoms with E-state index < -0.39 is 17.6 Å². The van der Waals surface area contributed by atoms with Crippen molar-refractivity contribution in [3.8, 4) is 11.1 Å². The Morgan fingerprint density at radius 3 is 2.37 bits per heavy atom. The number of esters is 1. The summed E-state index contributed by atoms with van der Waals surface area (Å²) in [5.41, 5.74) is 0.811. The summed E-state index contributed by atoms with van der Waals surface area (Å²) in [6.07, 6.45) is 10.6. The zero-order valence-electron chi connectivity index (χ0n) is 16.2. The second-order valence-electron chi connectivity index (χ2n) is 6.80. The van der Waals surface area contributed by atoms with Gasteiger partial charge in [0.25, 0.3) is 0 Å². The lowest BCUT2D eigenvalue weighted by atomic mass is 10.0. The Bertz CT molecular complexity index is 740. The van der Waals surface area contributed by atoms with E-state index in [2.05, 4.69) is 11.9 Å². The number of carbonyl (C=O) groups excluding carboxylic acids is 1. The lowest BCUT2D eigenvalue weighted by Crippen LogP contribution is -2.07. The predicted molar refractivity (Wildman–Crippen MR) is 104 cm³/mol. The molecule has 1 N–H and O–H groups in total. The molecule has 0 unspecified atom stereocenters. The first-order valence-corrected chi connectivity index (χ1v) is 9.91. The van der Waals surface area contributed by atoms with Crippen LogP contribution in [0.25, 0.3) is 11.1 Å². The fourth-order valence-corrected chi connectivity index (χ4v) is 3.17. The van der Waals surface area contributed by atoms with E-state index in [0.29, 0.717) is 0 Å². The van der Waals surface area contributed by atoms with E-state index in [-0.39, 0.29) is 23.4 Å². The normalized spacial score (nSPS) is 11.0. The maximum absolute atomic E-state index is 14.5. The van der Waals surface area contributed by atoms with Crippen LogP contribution in [0.1, 0.15) is 74.8 Å². The van der Waals surface area contributed by atoms with Crippen LogP contribution in [0.4, 0.5) is 8.78 Å². The summed E-state index contributed by atoms with van der Waals surface area (Å²) in [6.45, 7) is 3.99. The number of hydrogen-bond acceptors (Lipinski definition) is 2. The molecule has 3 nitrogen and oxygen atoms in total. The van der Waals surface area contributed by atoms with Crippen molar-refractivity contribution >= 4 is 5.97 Å². The number of aromatic nitrogens is 1. The van der Waals surface area contributed by atoms with Crippen molar-refractivity contribution in [2.24, 2.45) is 0 Å². The van der Waals surface area contributed by atoms with Crippen LogP contribution in [0.5, 0.6) is 0 Å². The molecular weight excluding hydrogens is 348 g/mol. The number of aromatic amines is 1. The van der Waals surface area contributed by atoms with Crippen LogP contribution in [0, 0.1) is 11.6 Å². The summed E-state index contributed by atoms with van der Waals surface area (Å²) < 4.78 is 33.7. The van der Waals surface area contributed by atoms with E-state index in [1.165, 1.54) is 44.4 Å². The molecule has 0 saturated carbocycles. The van der Waals surface area contributed by atoms with Gasteiger partial charge in [-0.15, -0.1) is 0 Å². The highest BCUT2D eigenvalue weighted by Gasteiger charge is 2.21. The summed E-state index contributed by atoms with van der Waals surface area (Å²) in [6, 6.07) is 4.86. The van der Waals surface area contributed by atoms with Gasteiger partial charge >= 0.3 is 5.97 Å². The predicted octanol–water partition coefficient (Wildman–Crippen LogP) is 6.43. The fraction of sp³-hybridized carbons (Fsp3) is 0.500. The molecule has 1 aromatic heterocycles. The van der Waals surface area contributed by atoms with Crippen LogP contribution >= 0.6 is 0 Å². The molecule has 1 aromatic carbocycles. The number of unbranched alkanes of at least 4 members (excludes halogenated alkanes) is 6. The fourth-order valence-electron chi connectivity index (χ4n) is 3.17. The van der Waals surface area contributed by atoms with Gasteiger partial charge in [0.1, 0.15) is 5.82 Å². The zero-order valence-corrected chi connectivity index (χ0v) is 16.2. The molecule has 0 aliphatic rings. The number of hydrogen-bond donors (Lipinski definition) is 1. The Morgan fingerprint density at radius 2 is 1.70 bits per heavy atom. The molecule has 0 saturated heterocycles. The van der Waals surface area contributed by atoms with Crippen molar-refractivity contribution in [1.29, 1.82) is 0 Å². The van der Waals surface area contributed by atoms with Gasteiger partial charge in [0.05, 0.1) is 6.61 Å². The van der Waals surface area contributed by atoms with Crippen molar-refractivity contribution in [2.45, 2.75) is 65.2 Å². The van der Waals surface area contributed by atoms with Crippen LogP contribution < -0.4 is 0 Å². The second kappa shape index (κ2) is 10.9. The average molecular weight is 377 g/mol. The van der Waals surface area contributed by atoms with Gasteiger partial charge in [0.15, 0.2) is 11.5 Å². The first-order chi connectivity index (χ1) is 13.1. The third kappa shape index (κ3) is 5.91. The first-order valence-electron chi connectivity index (χ1n) is 9.91. The standard InChI is InChI=1S/C22H29F2NO2/c1-3-5-6-7-8-9-10-11-16-12-13-17(19(23)14-16)18-15-25-21(20(18)24)22(26)27-4-2/h12-15,25H,3-11H2,1-2H3. The van der Waals surface area contributed by atoms with Crippen molar-refractivity contribution in [3.05, 3.63) is 47.3 Å². The quantitative estimate of drug-likeness (QED) is 0.362. The minimum atomic E-state index is -0.785. The number of benzene rings is 1. The van der Waals surface area contributed by atoms with Crippen LogP contribution in [-0.4, -0.2) is 17.6 Å². The summed E-state index contributed by atoms with van der Waals surface area (Å²) >= 11 is 0. The summed E-state index contributed by atoms with van der Waals surface area (Å²) in [4.78, 5) is 14.2. The van der Waals surface area contributed by atoms with Gasteiger partial charge in [-0.05, 0) is 31.4 Å². The van der Waals surface area contributed by atoms with Gasteiger partial charge in [0.2, 0.25) is 0 Å². The molecule has 2 aromatic rings. The Kier molecular flexibility index (Phi) is 8.49. The molecule has 27 heavy (non-hydrogen) atoms. The molecule has 0 aliphatic carbocycles. The van der Waals surface area contributed by atoms with Gasteiger partial charge in [-0.25, -0.2) is 13.6 Å². The second-order valence-corrected chi connectivity index (χ2v) is 6.80. The van der Waals surface area contributed by atoms with Crippen LogP contribution in [-0.2, 0) is 11.2 Å². The smallest absolute Gasteiger partial charge is 0.357 e. The van der Waals surface area contributed by atoms with Gasteiger partial charge in [-0.1, -0.05) is 57.6 Å². The number of rotatable bonds is 11. The van der Waals surface area contributed by atoms with Crippen molar-refractivity contribution < 1.29 is 18.3 Å². The summed E-state index contributed by atoms with van der Waals surface area (Å²) in [5.74, 6) is -2.05. The van der Waals surface area contributed by atoms with E-state index in [9.17, 15) is 13.6 Å². The lowest BCUT2D eigenvalue weighted by molar-refractivity contribution is 0.0515. The molecule has 0 amide bonds. The molecule has 0 spiro atoms. The highest BCUT2D eigenvalue weighted by molar-refractivity contribution is 5.90. The third-order valence-corrected chi connectivity index (χ3v) is 4.69. The molecule has 0 radical (unpaired) electrons. The van der Waals surface area contributed by atoms with Crippen LogP contribution in [0.2, 0.25) is 0 Å². The topological polar surface area (TPSA) is 42.1 Å². The minimum absolute atomic E-state index is 0.0398. The van der Waals surface area contributed by atoms with Crippen LogP contribution in [0.15, 0.2) is 24.4 Å². The number of H-pyrrole nitrogens is 1. The van der Waals surface area contributed by atoms with E-state index in [1.807, 2.05) is 6.07 Å². The monoisotopic (exact) mass is 377 g/mol. The highest BCUT2D eigenvalue weighted by atomic mass is 19.1. The molecule has 148 valence electrons. The molecule has 0 bridgehead atoms. The Morgan fingerprint density at radius 1 is 1.00 bits per heavy atom. The first kappa shape index (κ1) is 21.1. The largest absolute Gasteiger partial charge is 0.461 e. The molecule has 0 aliphatic heterocycles. The number of nitrogens with one attached hydrogen (secondary N) is 1. The van der Waals surface area contributed by atoms with Gasteiger partial charge < -0.3 is 9.72 Å². The molecule has 5 heteroatoms. The Balaban J connectivity index is 1.96. The van der Waals surface area contributed by atoms with Crippen molar-refractivity contribution in [2.75, 3.05) is 6.61 Å². The number of aryl methyl sites for hydroxylation is 1. The summed E-state index contributed by atoms with van der Waals surface area (Å²) in [5, 5.41) is 0. The van der Waals surface area contributed by atoms with Gasteiger partial charge in [-0.3, -0.25) is 0 Å². The zero-order chi connectivity index (χ0) is 19.6. The SMILES string of the molecule is CCCCCCCCCc1ccc(-c2c[nH]c(C(=O)OCC)c2F)c(F)c1. The third-order valence-electron chi connectivity index (χ3n) is 4.69. The minimum Gasteiger partial charge on any atom is -0.461 e. The Hall–Kier alpha value is -2.17. The van der Waals surface area contributed by atoms with E-state index in [0.717, 1.165) is 24.8 Å². The summed E-state index contributed by atoms with van der Waals surface area (Å²) in [7, 11) is 0. The molecule has 0 fully saturated rings.